The Morgan fingerprint density at radius 1 is 0.920 bits per heavy atom. The smallest absolute Gasteiger partial charge is 0.319 e. The van der Waals surface area contributed by atoms with Crippen molar-refractivity contribution in [2.24, 2.45) is 0 Å². The minimum Gasteiger partial charge on any atom is -0.336 e. The summed E-state index contributed by atoms with van der Waals surface area (Å²) in [6.07, 6.45) is 0.0787. The maximum atomic E-state index is 12.2. The molecule has 2 aromatic carbocycles. The van der Waals surface area contributed by atoms with Crippen molar-refractivity contribution >= 4 is 46.5 Å². The predicted octanol–water partition coefficient (Wildman–Crippen LogP) is 4.70. The molecule has 0 aliphatic heterocycles. The molecule has 0 spiro atoms. The topological polar surface area (TPSA) is 70.2 Å². The molecule has 5 nitrogen and oxygen atoms in total. The Hall–Kier alpha value is -2.24. The van der Waals surface area contributed by atoms with E-state index in [1.165, 1.54) is 0 Å². The highest BCUT2D eigenvalue weighted by Crippen LogP contribution is 2.25. The van der Waals surface area contributed by atoms with Crippen molar-refractivity contribution in [2.75, 3.05) is 10.6 Å². The van der Waals surface area contributed by atoms with Crippen molar-refractivity contribution in [1.82, 2.24) is 5.32 Å². The van der Waals surface area contributed by atoms with E-state index in [2.05, 4.69) is 16.0 Å². The highest BCUT2D eigenvalue weighted by atomic mass is 35.5. The van der Waals surface area contributed by atoms with Crippen molar-refractivity contribution in [3.63, 3.8) is 0 Å². The molecule has 0 aliphatic rings. The largest absolute Gasteiger partial charge is 0.336 e. The van der Waals surface area contributed by atoms with Crippen molar-refractivity contribution in [2.45, 2.75) is 26.3 Å². The number of benzene rings is 2. The molecular weight excluding hydrogens is 361 g/mol. The van der Waals surface area contributed by atoms with Gasteiger partial charge in [-0.2, -0.15) is 0 Å². The lowest BCUT2D eigenvalue weighted by atomic mass is 10.1. The first-order chi connectivity index (χ1) is 11.8. The van der Waals surface area contributed by atoms with Crippen molar-refractivity contribution in [1.29, 1.82) is 0 Å². The van der Waals surface area contributed by atoms with E-state index in [-0.39, 0.29) is 24.4 Å². The summed E-state index contributed by atoms with van der Waals surface area (Å²) in [5, 5.41) is 9.13. The molecule has 7 heteroatoms. The Morgan fingerprint density at radius 2 is 1.44 bits per heavy atom. The molecule has 132 valence electrons. The molecule has 2 aromatic rings. The molecule has 3 amide bonds. The molecule has 0 heterocycles. The van der Waals surface area contributed by atoms with Crippen molar-refractivity contribution < 1.29 is 9.59 Å². The summed E-state index contributed by atoms with van der Waals surface area (Å²) in [4.78, 5) is 23.8. The van der Waals surface area contributed by atoms with Crippen LogP contribution < -0.4 is 16.0 Å². The summed E-state index contributed by atoms with van der Waals surface area (Å²) in [5.41, 5.74) is 1.83. The Balaban J connectivity index is 1.94. The van der Waals surface area contributed by atoms with Crippen molar-refractivity contribution in [3.05, 3.63) is 58.1 Å². The second-order valence-corrected chi connectivity index (χ2v) is 6.57. The molecule has 0 radical (unpaired) electrons. The quantitative estimate of drug-likeness (QED) is 0.704. The fourth-order valence-electron chi connectivity index (χ4n) is 2.13. The number of nitrogens with one attached hydrogen (secondary N) is 3. The number of carbonyl (C=O) groups excluding carboxylic acids is 2. The van der Waals surface area contributed by atoms with Gasteiger partial charge >= 0.3 is 6.03 Å². The number of carbonyl (C=O) groups is 2. The third-order valence-corrected chi connectivity index (χ3v) is 3.95. The van der Waals surface area contributed by atoms with Gasteiger partial charge < -0.3 is 16.0 Å². The molecule has 0 bridgehead atoms. The molecule has 2 rings (SSSR count). The van der Waals surface area contributed by atoms with E-state index in [4.69, 9.17) is 23.2 Å². The van der Waals surface area contributed by atoms with E-state index in [0.717, 1.165) is 0 Å². The van der Waals surface area contributed by atoms with Crippen LogP contribution in [0.15, 0.2) is 42.5 Å². The molecular formula is C18H19Cl2N3O2. The van der Waals surface area contributed by atoms with Crippen LogP contribution in [0.1, 0.15) is 19.4 Å². The monoisotopic (exact) mass is 379 g/mol. The van der Waals surface area contributed by atoms with Crippen LogP contribution in [0, 0.1) is 0 Å². The van der Waals surface area contributed by atoms with Gasteiger partial charge in [-0.05, 0) is 55.8 Å². The number of urea groups is 1. The third kappa shape index (κ3) is 5.96. The van der Waals surface area contributed by atoms with Crippen LogP contribution in [0.3, 0.4) is 0 Å². The number of hydrogen-bond acceptors (Lipinski definition) is 2. The van der Waals surface area contributed by atoms with E-state index in [1.807, 2.05) is 13.8 Å². The van der Waals surface area contributed by atoms with Gasteiger partial charge in [-0.15, -0.1) is 0 Å². The standard InChI is InChI=1S/C18H19Cl2N3O2/c1-11(2)21-18(25)23-13-8-6-12(7-9-13)22-17(24)10-14-15(19)4-3-5-16(14)20/h3-9,11H,10H2,1-2H3,(H,22,24)(H2,21,23,25). The summed E-state index contributed by atoms with van der Waals surface area (Å²) < 4.78 is 0. The number of rotatable bonds is 5. The van der Waals surface area contributed by atoms with Crippen LogP contribution >= 0.6 is 23.2 Å². The van der Waals surface area contributed by atoms with Crippen LogP contribution in [0.4, 0.5) is 16.2 Å². The summed E-state index contributed by atoms with van der Waals surface area (Å²) in [7, 11) is 0. The average Bonchev–Trinajstić information content (AvgIpc) is 2.52. The van der Waals surface area contributed by atoms with Gasteiger partial charge in [0.15, 0.2) is 0 Å². The maximum Gasteiger partial charge on any atom is 0.319 e. The number of halogens is 2. The molecule has 0 fully saturated rings. The molecule has 0 unspecified atom stereocenters. The first-order valence-corrected chi connectivity index (χ1v) is 8.51. The van der Waals surface area contributed by atoms with Crippen LogP contribution in [0.2, 0.25) is 10.0 Å². The summed E-state index contributed by atoms with van der Waals surface area (Å²) in [5.74, 6) is -0.228. The molecule has 25 heavy (non-hydrogen) atoms. The van der Waals surface area contributed by atoms with Crippen LogP contribution in [0.25, 0.3) is 0 Å². The lowest BCUT2D eigenvalue weighted by Gasteiger charge is -2.11. The minimum absolute atomic E-state index is 0.0511. The fraction of sp³-hybridized carbons (Fsp3) is 0.222. The van der Waals surface area contributed by atoms with E-state index < -0.39 is 0 Å². The lowest BCUT2D eigenvalue weighted by Crippen LogP contribution is -2.34. The van der Waals surface area contributed by atoms with Gasteiger partial charge in [0.2, 0.25) is 5.91 Å². The summed E-state index contributed by atoms with van der Waals surface area (Å²) in [6.45, 7) is 3.76. The zero-order valence-electron chi connectivity index (χ0n) is 13.9. The van der Waals surface area contributed by atoms with E-state index in [1.54, 1.807) is 42.5 Å². The number of hydrogen-bond donors (Lipinski definition) is 3. The van der Waals surface area contributed by atoms with Crippen molar-refractivity contribution in [3.8, 4) is 0 Å². The molecule has 0 atom stereocenters. The fourth-order valence-corrected chi connectivity index (χ4v) is 2.66. The second-order valence-electron chi connectivity index (χ2n) is 5.76. The first kappa shape index (κ1) is 19.1. The maximum absolute atomic E-state index is 12.2. The lowest BCUT2D eigenvalue weighted by molar-refractivity contribution is -0.115. The van der Waals surface area contributed by atoms with E-state index in [9.17, 15) is 9.59 Å². The SMILES string of the molecule is CC(C)NC(=O)Nc1ccc(NC(=O)Cc2c(Cl)cccc2Cl)cc1. The second kappa shape index (κ2) is 8.74. The average molecular weight is 380 g/mol. The molecule has 0 saturated carbocycles. The highest BCUT2D eigenvalue weighted by Gasteiger charge is 2.11. The normalized spacial score (nSPS) is 10.4. The zero-order chi connectivity index (χ0) is 18.4. The molecule has 0 aliphatic carbocycles. The van der Waals surface area contributed by atoms with Crippen LogP contribution in [-0.4, -0.2) is 18.0 Å². The molecule has 3 N–H and O–H groups in total. The van der Waals surface area contributed by atoms with Gasteiger partial charge in [0.25, 0.3) is 0 Å². The van der Waals surface area contributed by atoms with Crippen LogP contribution in [-0.2, 0) is 11.2 Å². The summed E-state index contributed by atoms with van der Waals surface area (Å²) in [6, 6.07) is 11.7. The first-order valence-electron chi connectivity index (χ1n) is 7.75. The molecule has 0 saturated heterocycles. The van der Waals surface area contributed by atoms with Gasteiger partial charge in [0, 0.05) is 27.5 Å². The van der Waals surface area contributed by atoms with Gasteiger partial charge in [0.05, 0.1) is 6.42 Å². The predicted molar refractivity (Wildman–Crippen MR) is 103 cm³/mol. The van der Waals surface area contributed by atoms with E-state index in [0.29, 0.717) is 27.0 Å². The van der Waals surface area contributed by atoms with Crippen LogP contribution in [0.5, 0.6) is 0 Å². The zero-order valence-corrected chi connectivity index (χ0v) is 15.4. The third-order valence-electron chi connectivity index (χ3n) is 3.25. The molecule has 0 aromatic heterocycles. The van der Waals surface area contributed by atoms with Gasteiger partial charge in [-0.1, -0.05) is 29.3 Å². The Labute approximate surface area is 156 Å². The van der Waals surface area contributed by atoms with Gasteiger partial charge in [-0.3, -0.25) is 4.79 Å². The Morgan fingerprint density at radius 3 is 1.96 bits per heavy atom. The highest BCUT2D eigenvalue weighted by molar-refractivity contribution is 6.36. The number of anilines is 2. The minimum atomic E-state index is -0.278. The van der Waals surface area contributed by atoms with E-state index >= 15 is 0 Å². The Kier molecular flexibility index (Phi) is 6.67. The van der Waals surface area contributed by atoms with Gasteiger partial charge in [0.1, 0.15) is 0 Å². The Bertz CT molecular complexity index is 741. The summed E-state index contributed by atoms with van der Waals surface area (Å²) >= 11 is 12.1. The number of amides is 3. The van der Waals surface area contributed by atoms with Gasteiger partial charge in [-0.25, -0.2) is 4.79 Å².